The SMILES string of the molecule is CCOC(=O)c1ccc(NC(=O)/C(C#N)=C/c2cc(Br)c(OC(=O)c3ccc(OC)cc3)c(OCC)c2)cc1. The molecule has 0 fully saturated rings. The number of nitrogens with zero attached hydrogens (tertiary/aromatic N) is 1. The number of anilines is 1. The minimum atomic E-state index is -0.648. The van der Waals surface area contributed by atoms with E-state index in [0.717, 1.165) is 0 Å². The van der Waals surface area contributed by atoms with Gasteiger partial charge in [0.15, 0.2) is 11.5 Å². The van der Waals surface area contributed by atoms with E-state index in [0.29, 0.717) is 32.6 Å². The molecule has 39 heavy (non-hydrogen) atoms. The number of carbonyl (C=O) groups is 3. The third kappa shape index (κ3) is 7.69. The van der Waals surface area contributed by atoms with Gasteiger partial charge in [-0.15, -0.1) is 0 Å². The predicted molar refractivity (Wildman–Crippen MR) is 148 cm³/mol. The summed E-state index contributed by atoms with van der Waals surface area (Å²) in [6.07, 6.45) is 1.38. The summed E-state index contributed by atoms with van der Waals surface area (Å²) >= 11 is 3.40. The fourth-order valence-electron chi connectivity index (χ4n) is 3.33. The zero-order chi connectivity index (χ0) is 28.4. The van der Waals surface area contributed by atoms with Crippen molar-refractivity contribution in [1.82, 2.24) is 0 Å². The third-order valence-electron chi connectivity index (χ3n) is 5.18. The molecule has 1 amide bonds. The van der Waals surface area contributed by atoms with Crippen LogP contribution in [0.2, 0.25) is 0 Å². The monoisotopic (exact) mass is 592 g/mol. The van der Waals surface area contributed by atoms with Gasteiger partial charge in [-0.25, -0.2) is 9.59 Å². The minimum absolute atomic E-state index is 0.152. The Morgan fingerprint density at radius 3 is 2.18 bits per heavy atom. The molecule has 0 aliphatic rings. The first kappa shape index (κ1) is 28.9. The number of methoxy groups -OCH3 is 1. The number of benzene rings is 3. The number of rotatable bonds is 10. The molecule has 10 heteroatoms. The van der Waals surface area contributed by atoms with Gasteiger partial charge in [-0.1, -0.05) is 0 Å². The van der Waals surface area contributed by atoms with Gasteiger partial charge in [-0.3, -0.25) is 4.79 Å². The Morgan fingerprint density at radius 2 is 1.59 bits per heavy atom. The second-order valence-electron chi connectivity index (χ2n) is 7.80. The number of hydrogen-bond donors (Lipinski definition) is 1. The number of nitriles is 1. The molecule has 3 rings (SSSR count). The third-order valence-corrected chi connectivity index (χ3v) is 5.77. The molecule has 0 saturated heterocycles. The second-order valence-corrected chi connectivity index (χ2v) is 8.66. The lowest BCUT2D eigenvalue weighted by molar-refractivity contribution is -0.112. The number of ether oxygens (including phenoxy) is 4. The molecule has 0 saturated carbocycles. The summed E-state index contributed by atoms with van der Waals surface area (Å²) < 4.78 is 21.7. The van der Waals surface area contributed by atoms with E-state index < -0.39 is 17.8 Å². The molecule has 0 radical (unpaired) electrons. The van der Waals surface area contributed by atoms with Crippen LogP contribution in [0.15, 0.2) is 70.7 Å². The molecule has 0 heterocycles. The van der Waals surface area contributed by atoms with Gasteiger partial charge >= 0.3 is 11.9 Å². The van der Waals surface area contributed by atoms with Crippen LogP contribution in [0, 0.1) is 11.3 Å². The summed E-state index contributed by atoms with van der Waals surface area (Å²) in [5.41, 5.74) is 1.33. The molecule has 0 aliphatic heterocycles. The maximum Gasteiger partial charge on any atom is 0.343 e. The van der Waals surface area contributed by atoms with E-state index in [4.69, 9.17) is 18.9 Å². The number of nitrogens with one attached hydrogen (secondary N) is 1. The first-order valence-electron chi connectivity index (χ1n) is 11.8. The van der Waals surface area contributed by atoms with Crippen molar-refractivity contribution in [3.63, 3.8) is 0 Å². The zero-order valence-corrected chi connectivity index (χ0v) is 23.0. The molecule has 0 aliphatic carbocycles. The van der Waals surface area contributed by atoms with Crippen LogP contribution in [-0.2, 0) is 9.53 Å². The fourth-order valence-corrected chi connectivity index (χ4v) is 3.87. The van der Waals surface area contributed by atoms with Crippen molar-refractivity contribution >= 4 is 45.5 Å². The summed E-state index contributed by atoms with van der Waals surface area (Å²) in [7, 11) is 1.53. The van der Waals surface area contributed by atoms with Crippen LogP contribution >= 0.6 is 15.9 Å². The average Bonchev–Trinajstić information content (AvgIpc) is 2.94. The normalized spacial score (nSPS) is 10.7. The largest absolute Gasteiger partial charge is 0.497 e. The van der Waals surface area contributed by atoms with Gasteiger partial charge in [-0.05, 0) is 102 Å². The molecule has 200 valence electrons. The highest BCUT2D eigenvalue weighted by Crippen LogP contribution is 2.38. The van der Waals surface area contributed by atoms with E-state index >= 15 is 0 Å². The van der Waals surface area contributed by atoms with Crippen molar-refractivity contribution in [2.75, 3.05) is 25.6 Å². The van der Waals surface area contributed by atoms with Crippen molar-refractivity contribution in [1.29, 1.82) is 5.26 Å². The molecule has 3 aromatic carbocycles. The maximum atomic E-state index is 12.8. The van der Waals surface area contributed by atoms with E-state index in [1.165, 1.54) is 37.5 Å². The van der Waals surface area contributed by atoms with Crippen molar-refractivity contribution in [2.24, 2.45) is 0 Å². The first-order chi connectivity index (χ1) is 18.8. The lowest BCUT2D eigenvalue weighted by Crippen LogP contribution is -2.14. The molecular formula is C29H25BrN2O7. The second kappa shape index (κ2) is 13.8. The smallest absolute Gasteiger partial charge is 0.343 e. The quantitative estimate of drug-likeness (QED) is 0.136. The molecule has 0 bridgehead atoms. The van der Waals surface area contributed by atoms with Crippen molar-refractivity contribution < 1.29 is 33.3 Å². The first-order valence-corrected chi connectivity index (χ1v) is 12.6. The Balaban J connectivity index is 1.82. The highest BCUT2D eigenvalue weighted by Gasteiger charge is 2.18. The fraction of sp³-hybridized carbons (Fsp3) is 0.172. The number of esters is 2. The Morgan fingerprint density at radius 1 is 0.949 bits per heavy atom. The van der Waals surface area contributed by atoms with Crippen LogP contribution in [0.5, 0.6) is 17.2 Å². The van der Waals surface area contributed by atoms with Crippen LogP contribution < -0.4 is 19.5 Å². The lowest BCUT2D eigenvalue weighted by atomic mass is 10.1. The van der Waals surface area contributed by atoms with Gasteiger partial charge < -0.3 is 24.3 Å². The standard InChI is InChI=1S/C29H25BrN2O7/c1-4-37-25-16-18(15-24(30)26(25)39-29(35)20-8-12-23(36-3)13-9-20)14-21(17-31)27(33)32-22-10-6-19(7-11-22)28(34)38-5-2/h6-16H,4-5H2,1-3H3,(H,32,33)/b21-14+. The maximum absolute atomic E-state index is 12.8. The highest BCUT2D eigenvalue weighted by atomic mass is 79.9. The van der Waals surface area contributed by atoms with Gasteiger partial charge in [0, 0.05) is 5.69 Å². The summed E-state index contributed by atoms with van der Waals surface area (Å²) in [6, 6.07) is 17.6. The van der Waals surface area contributed by atoms with E-state index in [1.54, 1.807) is 50.2 Å². The minimum Gasteiger partial charge on any atom is -0.497 e. The summed E-state index contributed by atoms with van der Waals surface area (Å²) in [5, 5.41) is 12.3. The van der Waals surface area contributed by atoms with Gasteiger partial charge in [0.05, 0.1) is 35.9 Å². The van der Waals surface area contributed by atoms with Crippen molar-refractivity contribution in [3.8, 4) is 23.3 Å². The van der Waals surface area contributed by atoms with Crippen LogP contribution in [0.3, 0.4) is 0 Å². The van der Waals surface area contributed by atoms with Crippen LogP contribution in [0.25, 0.3) is 6.08 Å². The lowest BCUT2D eigenvalue weighted by Gasteiger charge is -2.14. The molecular weight excluding hydrogens is 568 g/mol. The van der Waals surface area contributed by atoms with Gasteiger partial charge in [0.25, 0.3) is 5.91 Å². The summed E-state index contributed by atoms with van der Waals surface area (Å²) in [6.45, 7) is 4.01. The highest BCUT2D eigenvalue weighted by molar-refractivity contribution is 9.10. The summed E-state index contributed by atoms with van der Waals surface area (Å²) in [4.78, 5) is 37.3. The van der Waals surface area contributed by atoms with E-state index in [2.05, 4.69) is 21.2 Å². The van der Waals surface area contributed by atoms with Crippen LogP contribution in [0.4, 0.5) is 5.69 Å². The van der Waals surface area contributed by atoms with Gasteiger partial charge in [-0.2, -0.15) is 5.26 Å². The molecule has 1 N–H and O–H groups in total. The van der Waals surface area contributed by atoms with E-state index in [1.807, 2.05) is 6.07 Å². The van der Waals surface area contributed by atoms with Crippen LogP contribution in [0.1, 0.15) is 40.1 Å². The molecule has 9 nitrogen and oxygen atoms in total. The Hall–Kier alpha value is -4.62. The predicted octanol–water partition coefficient (Wildman–Crippen LogP) is 5.80. The summed E-state index contributed by atoms with van der Waals surface area (Å²) in [5.74, 6) is -0.725. The van der Waals surface area contributed by atoms with Crippen molar-refractivity contribution in [3.05, 3.63) is 87.4 Å². The van der Waals surface area contributed by atoms with Crippen molar-refractivity contribution in [2.45, 2.75) is 13.8 Å². The average molecular weight is 593 g/mol. The molecule has 3 aromatic rings. The number of carbonyl (C=O) groups excluding carboxylic acids is 3. The Kier molecular flexibility index (Phi) is 10.2. The van der Waals surface area contributed by atoms with Gasteiger partial charge in [0.2, 0.25) is 0 Å². The Bertz CT molecular complexity index is 1430. The number of amides is 1. The topological polar surface area (TPSA) is 124 Å². The van der Waals surface area contributed by atoms with Crippen LogP contribution in [-0.4, -0.2) is 38.2 Å². The number of hydrogen-bond acceptors (Lipinski definition) is 8. The van der Waals surface area contributed by atoms with E-state index in [9.17, 15) is 19.6 Å². The number of halogens is 1. The van der Waals surface area contributed by atoms with Gasteiger partial charge in [0.1, 0.15) is 17.4 Å². The Labute approximate surface area is 234 Å². The van der Waals surface area contributed by atoms with E-state index in [-0.39, 0.29) is 30.3 Å². The molecule has 0 atom stereocenters. The molecule has 0 spiro atoms. The molecule has 0 aromatic heterocycles. The molecule has 0 unspecified atom stereocenters. The zero-order valence-electron chi connectivity index (χ0n) is 21.4.